The van der Waals surface area contributed by atoms with Gasteiger partial charge in [0.2, 0.25) is 0 Å². The van der Waals surface area contributed by atoms with Crippen molar-refractivity contribution in [3.63, 3.8) is 0 Å². The van der Waals surface area contributed by atoms with Crippen LogP contribution in [-0.2, 0) is 0 Å². The minimum absolute atomic E-state index is 0.103. The summed E-state index contributed by atoms with van der Waals surface area (Å²) in [7, 11) is 0. The number of thioether (sulfide) groups is 1. The van der Waals surface area contributed by atoms with Gasteiger partial charge in [-0.05, 0) is 13.8 Å². The second-order valence-electron chi connectivity index (χ2n) is 3.78. The lowest BCUT2D eigenvalue weighted by atomic mass is 10.1. The lowest BCUT2D eigenvalue weighted by molar-refractivity contribution is 0.0994. The third kappa shape index (κ3) is 2.94. The van der Waals surface area contributed by atoms with E-state index in [0.29, 0.717) is 5.16 Å². The van der Waals surface area contributed by atoms with Crippen LogP contribution in [0.4, 0.5) is 0 Å². The number of benzene rings is 1. The molecule has 1 atom stereocenters. The Kier molecular flexibility index (Phi) is 3.58. The summed E-state index contributed by atoms with van der Waals surface area (Å²) in [4.78, 5) is 16.1. The molecule has 2 rings (SSSR count). The van der Waals surface area contributed by atoms with Gasteiger partial charge in [0.25, 0.3) is 0 Å². The van der Waals surface area contributed by atoms with Crippen molar-refractivity contribution in [2.45, 2.75) is 24.3 Å². The maximum absolute atomic E-state index is 12.1. The van der Waals surface area contributed by atoms with Crippen molar-refractivity contribution in [2.75, 3.05) is 0 Å². The van der Waals surface area contributed by atoms with Crippen LogP contribution < -0.4 is 0 Å². The van der Waals surface area contributed by atoms with Crippen molar-refractivity contribution in [1.82, 2.24) is 15.2 Å². The maximum atomic E-state index is 12.1. The Morgan fingerprint density at radius 2 is 2.06 bits per heavy atom. The molecule has 2 aromatic rings. The first-order valence-corrected chi connectivity index (χ1v) is 6.17. The molecule has 1 aromatic carbocycles. The molecule has 0 radical (unpaired) electrons. The topological polar surface area (TPSA) is 58.6 Å². The van der Waals surface area contributed by atoms with Gasteiger partial charge in [-0.25, -0.2) is 4.98 Å². The monoisotopic (exact) mass is 247 g/mol. The standard InChI is InChI=1S/C12H13N3OS/c1-8-3-5-10(6-4-8)11(16)9(2)17-12-13-7-14-15-12/h3-7,9H,1-2H3,(H,13,14,15)/t9-/m0/s1. The van der Waals surface area contributed by atoms with Gasteiger partial charge in [-0.1, -0.05) is 41.6 Å². The molecule has 1 heterocycles. The van der Waals surface area contributed by atoms with Crippen LogP contribution >= 0.6 is 11.8 Å². The highest BCUT2D eigenvalue weighted by molar-refractivity contribution is 8.00. The first-order chi connectivity index (χ1) is 8.16. The van der Waals surface area contributed by atoms with Crippen LogP contribution in [0, 0.1) is 6.92 Å². The summed E-state index contributed by atoms with van der Waals surface area (Å²) in [5.41, 5.74) is 1.88. The van der Waals surface area contributed by atoms with Crippen LogP contribution in [-0.4, -0.2) is 26.2 Å². The number of rotatable bonds is 4. The van der Waals surface area contributed by atoms with Crippen molar-refractivity contribution in [3.05, 3.63) is 41.7 Å². The molecule has 17 heavy (non-hydrogen) atoms. The molecule has 0 unspecified atom stereocenters. The molecular weight excluding hydrogens is 234 g/mol. The largest absolute Gasteiger partial charge is 0.293 e. The van der Waals surface area contributed by atoms with Crippen LogP contribution in [0.2, 0.25) is 0 Å². The van der Waals surface area contributed by atoms with Gasteiger partial charge in [0.05, 0.1) is 5.25 Å². The number of carbonyl (C=O) groups excluding carboxylic acids is 1. The Labute approximate surface area is 104 Å². The second-order valence-corrected chi connectivity index (χ2v) is 5.11. The van der Waals surface area contributed by atoms with Gasteiger partial charge in [0.15, 0.2) is 10.9 Å². The van der Waals surface area contributed by atoms with E-state index in [4.69, 9.17) is 0 Å². The number of aromatic nitrogens is 3. The van der Waals surface area contributed by atoms with Crippen molar-refractivity contribution in [3.8, 4) is 0 Å². The molecule has 0 amide bonds. The molecule has 0 fully saturated rings. The van der Waals surface area contributed by atoms with Crippen LogP contribution in [0.15, 0.2) is 35.7 Å². The number of hydrogen-bond acceptors (Lipinski definition) is 4. The number of aromatic amines is 1. The van der Waals surface area contributed by atoms with E-state index in [9.17, 15) is 4.79 Å². The molecule has 88 valence electrons. The third-order valence-corrected chi connectivity index (χ3v) is 3.37. The second kappa shape index (κ2) is 5.14. The zero-order chi connectivity index (χ0) is 12.3. The highest BCUT2D eigenvalue weighted by atomic mass is 32.2. The predicted molar refractivity (Wildman–Crippen MR) is 67.2 cm³/mol. The molecule has 1 N–H and O–H groups in total. The highest BCUT2D eigenvalue weighted by Gasteiger charge is 2.17. The minimum atomic E-state index is -0.175. The lowest BCUT2D eigenvalue weighted by Crippen LogP contribution is -2.13. The summed E-state index contributed by atoms with van der Waals surface area (Å²) in [6.45, 7) is 3.87. The fourth-order valence-electron chi connectivity index (χ4n) is 1.42. The average molecular weight is 247 g/mol. The van der Waals surface area contributed by atoms with E-state index in [1.165, 1.54) is 18.1 Å². The summed E-state index contributed by atoms with van der Waals surface area (Å²) in [6, 6.07) is 7.60. The highest BCUT2D eigenvalue weighted by Crippen LogP contribution is 2.21. The van der Waals surface area contributed by atoms with Crippen molar-refractivity contribution >= 4 is 17.5 Å². The van der Waals surface area contributed by atoms with E-state index in [2.05, 4.69) is 15.2 Å². The zero-order valence-electron chi connectivity index (χ0n) is 9.68. The Morgan fingerprint density at radius 3 is 2.65 bits per heavy atom. The van der Waals surface area contributed by atoms with E-state index < -0.39 is 0 Å². The molecule has 0 aliphatic carbocycles. The molecular formula is C12H13N3OS. The fraction of sp³-hybridized carbons (Fsp3) is 0.250. The molecule has 0 aliphatic heterocycles. The Balaban J connectivity index is 2.07. The van der Waals surface area contributed by atoms with Crippen LogP contribution in [0.1, 0.15) is 22.8 Å². The molecule has 0 aliphatic rings. The number of nitrogens with one attached hydrogen (secondary N) is 1. The number of nitrogens with zero attached hydrogens (tertiary/aromatic N) is 2. The normalized spacial score (nSPS) is 12.4. The molecule has 0 spiro atoms. The Hall–Kier alpha value is -1.62. The number of ketones is 1. The molecule has 5 heteroatoms. The first-order valence-electron chi connectivity index (χ1n) is 5.29. The van der Waals surface area contributed by atoms with Gasteiger partial charge in [-0.3, -0.25) is 9.89 Å². The molecule has 0 saturated heterocycles. The summed E-state index contributed by atoms with van der Waals surface area (Å²) in [5.74, 6) is 0.103. The van der Waals surface area contributed by atoms with Crippen LogP contribution in [0.3, 0.4) is 0 Å². The molecule has 1 aromatic heterocycles. The average Bonchev–Trinajstić information content (AvgIpc) is 2.82. The number of aryl methyl sites for hydroxylation is 1. The van der Waals surface area contributed by atoms with Crippen molar-refractivity contribution in [2.24, 2.45) is 0 Å². The quantitative estimate of drug-likeness (QED) is 0.666. The first kappa shape index (κ1) is 11.9. The SMILES string of the molecule is Cc1ccc(C(=O)[C@H](C)Sc2ncn[nH]2)cc1. The number of carbonyl (C=O) groups is 1. The Bertz CT molecular complexity index is 493. The van der Waals surface area contributed by atoms with Gasteiger partial charge >= 0.3 is 0 Å². The van der Waals surface area contributed by atoms with Crippen LogP contribution in [0.25, 0.3) is 0 Å². The summed E-state index contributed by atoms with van der Waals surface area (Å²) < 4.78 is 0. The van der Waals surface area contributed by atoms with Gasteiger partial charge in [-0.15, -0.1) is 0 Å². The lowest BCUT2D eigenvalue weighted by Gasteiger charge is -2.08. The summed E-state index contributed by atoms with van der Waals surface area (Å²) >= 11 is 1.38. The van der Waals surface area contributed by atoms with Crippen molar-refractivity contribution in [1.29, 1.82) is 0 Å². The molecule has 0 saturated carbocycles. The van der Waals surface area contributed by atoms with Gasteiger partial charge in [-0.2, -0.15) is 5.10 Å². The summed E-state index contributed by atoms with van der Waals surface area (Å²) in [6.07, 6.45) is 1.44. The van der Waals surface area contributed by atoms with Crippen LogP contribution in [0.5, 0.6) is 0 Å². The predicted octanol–water partition coefficient (Wildman–Crippen LogP) is 2.48. The minimum Gasteiger partial charge on any atom is -0.293 e. The number of Topliss-reactive ketones (excluding diaryl/α,β-unsaturated/α-hetero) is 1. The van der Waals surface area contributed by atoms with E-state index >= 15 is 0 Å². The Morgan fingerprint density at radius 1 is 1.35 bits per heavy atom. The zero-order valence-corrected chi connectivity index (χ0v) is 10.5. The van der Waals surface area contributed by atoms with E-state index in [1.54, 1.807) is 0 Å². The van der Waals surface area contributed by atoms with Gasteiger partial charge in [0.1, 0.15) is 6.33 Å². The number of H-pyrrole nitrogens is 1. The summed E-state index contributed by atoms with van der Waals surface area (Å²) in [5, 5.41) is 6.97. The smallest absolute Gasteiger partial charge is 0.184 e. The third-order valence-electron chi connectivity index (χ3n) is 2.39. The maximum Gasteiger partial charge on any atom is 0.184 e. The van der Waals surface area contributed by atoms with Crippen molar-refractivity contribution < 1.29 is 4.79 Å². The van der Waals surface area contributed by atoms with Gasteiger partial charge < -0.3 is 0 Å². The van der Waals surface area contributed by atoms with E-state index in [0.717, 1.165) is 11.1 Å². The van der Waals surface area contributed by atoms with Gasteiger partial charge in [0, 0.05) is 5.56 Å². The van der Waals surface area contributed by atoms with E-state index in [1.807, 2.05) is 38.1 Å². The molecule has 0 bridgehead atoms. The van der Waals surface area contributed by atoms with E-state index in [-0.39, 0.29) is 11.0 Å². The fourth-order valence-corrected chi connectivity index (χ4v) is 2.22. The number of hydrogen-bond donors (Lipinski definition) is 1. The molecule has 4 nitrogen and oxygen atoms in total.